The SMILES string of the molecule is CSC1(CO)CCC1. The lowest BCUT2D eigenvalue weighted by atomic mass is 9.85. The Hall–Kier alpha value is 0.310. The maximum atomic E-state index is 8.82. The molecule has 0 aliphatic heterocycles. The Bertz CT molecular complexity index is 65.1. The summed E-state index contributed by atoms with van der Waals surface area (Å²) in [6, 6.07) is 0. The van der Waals surface area contributed by atoms with Gasteiger partial charge in [0.1, 0.15) is 0 Å². The Labute approximate surface area is 54.5 Å². The van der Waals surface area contributed by atoms with Gasteiger partial charge in [0.15, 0.2) is 0 Å². The summed E-state index contributed by atoms with van der Waals surface area (Å²) in [6.45, 7) is 0.369. The standard InChI is InChI=1S/C6H12OS/c1-8-6(5-7)3-2-4-6/h7H,2-5H2,1H3. The predicted molar refractivity (Wildman–Crippen MR) is 37.2 cm³/mol. The fourth-order valence-corrected chi connectivity index (χ4v) is 1.82. The number of aliphatic hydroxyl groups is 1. The topological polar surface area (TPSA) is 20.2 Å². The summed E-state index contributed by atoms with van der Waals surface area (Å²) in [5, 5.41) is 8.82. The summed E-state index contributed by atoms with van der Waals surface area (Å²) in [5.74, 6) is 0. The van der Waals surface area contributed by atoms with E-state index >= 15 is 0 Å². The normalized spacial score (nSPS) is 24.8. The Balaban J connectivity index is 2.33. The highest BCUT2D eigenvalue weighted by atomic mass is 32.2. The first-order valence-electron chi connectivity index (χ1n) is 2.99. The minimum Gasteiger partial charge on any atom is -0.395 e. The van der Waals surface area contributed by atoms with Gasteiger partial charge in [-0.05, 0) is 19.1 Å². The van der Waals surface area contributed by atoms with E-state index in [1.807, 2.05) is 11.8 Å². The van der Waals surface area contributed by atoms with Crippen LogP contribution in [0.3, 0.4) is 0 Å². The van der Waals surface area contributed by atoms with Crippen molar-refractivity contribution in [1.82, 2.24) is 0 Å². The minimum absolute atomic E-state index is 0.278. The molecule has 0 aromatic rings. The Morgan fingerprint density at radius 1 is 1.62 bits per heavy atom. The molecule has 0 unspecified atom stereocenters. The van der Waals surface area contributed by atoms with E-state index in [1.165, 1.54) is 19.3 Å². The van der Waals surface area contributed by atoms with Crippen LogP contribution in [0.4, 0.5) is 0 Å². The van der Waals surface area contributed by atoms with Crippen LogP contribution in [0, 0.1) is 0 Å². The van der Waals surface area contributed by atoms with Crippen LogP contribution in [0.1, 0.15) is 19.3 Å². The Morgan fingerprint density at radius 2 is 2.25 bits per heavy atom. The molecule has 1 aliphatic carbocycles. The summed E-state index contributed by atoms with van der Waals surface area (Å²) >= 11 is 1.81. The molecular formula is C6H12OS. The fourth-order valence-electron chi connectivity index (χ4n) is 0.998. The van der Waals surface area contributed by atoms with E-state index in [4.69, 9.17) is 5.11 Å². The van der Waals surface area contributed by atoms with Gasteiger partial charge in [-0.2, -0.15) is 11.8 Å². The largest absolute Gasteiger partial charge is 0.395 e. The summed E-state index contributed by atoms with van der Waals surface area (Å²) in [5.41, 5.74) is 0. The molecule has 2 heteroatoms. The summed E-state index contributed by atoms with van der Waals surface area (Å²) in [7, 11) is 0. The van der Waals surface area contributed by atoms with E-state index in [0.29, 0.717) is 6.61 Å². The van der Waals surface area contributed by atoms with Gasteiger partial charge in [-0.1, -0.05) is 6.42 Å². The molecule has 48 valence electrons. The third kappa shape index (κ3) is 0.869. The Morgan fingerprint density at radius 3 is 2.25 bits per heavy atom. The van der Waals surface area contributed by atoms with Gasteiger partial charge >= 0.3 is 0 Å². The van der Waals surface area contributed by atoms with Gasteiger partial charge in [0.2, 0.25) is 0 Å². The molecule has 1 rings (SSSR count). The van der Waals surface area contributed by atoms with Crippen LogP contribution in [-0.2, 0) is 0 Å². The van der Waals surface area contributed by atoms with Gasteiger partial charge in [-0.25, -0.2) is 0 Å². The molecular weight excluding hydrogens is 120 g/mol. The molecule has 0 heterocycles. The van der Waals surface area contributed by atoms with E-state index in [0.717, 1.165) is 0 Å². The van der Waals surface area contributed by atoms with Crippen LogP contribution < -0.4 is 0 Å². The predicted octanol–water partition coefficient (Wildman–Crippen LogP) is 1.26. The van der Waals surface area contributed by atoms with Crippen molar-refractivity contribution >= 4 is 11.8 Å². The maximum absolute atomic E-state index is 8.82. The van der Waals surface area contributed by atoms with Crippen LogP contribution in [0.15, 0.2) is 0 Å². The van der Waals surface area contributed by atoms with Crippen molar-refractivity contribution in [3.05, 3.63) is 0 Å². The van der Waals surface area contributed by atoms with Crippen molar-refractivity contribution < 1.29 is 5.11 Å². The van der Waals surface area contributed by atoms with Gasteiger partial charge in [-0.15, -0.1) is 0 Å². The lowest BCUT2D eigenvalue weighted by Crippen LogP contribution is -2.36. The van der Waals surface area contributed by atoms with Crippen molar-refractivity contribution in [1.29, 1.82) is 0 Å². The molecule has 0 radical (unpaired) electrons. The van der Waals surface area contributed by atoms with Crippen LogP contribution in [0.2, 0.25) is 0 Å². The van der Waals surface area contributed by atoms with E-state index in [-0.39, 0.29) is 4.75 Å². The average molecular weight is 132 g/mol. The van der Waals surface area contributed by atoms with E-state index in [1.54, 1.807) is 0 Å². The maximum Gasteiger partial charge on any atom is 0.0578 e. The first kappa shape index (κ1) is 6.43. The number of hydrogen-bond donors (Lipinski definition) is 1. The van der Waals surface area contributed by atoms with Gasteiger partial charge in [-0.3, -0.25) is 0 Å². The lowest BCUT2D eigenvalue weighted by Gasteiger charge is -2.38. The van der Waals surface area contributed by atoms with Gasteiger partial charge < -0.3 is 5.11 Å². The first-order chi connectivity index (χ1) is 3.83. The van der Waals surface area contributed by atoms with Gasteiger partial charge in [0, 0.05) is 4.75 Å². The van der Waals surface area contributed by atoms with Crippen molar-refractivity contribution in [3.8, 4) is 0 Å². The molecule has 0 aromatic carbocycles. The van der Waals surface area contributed by atoms with Crippen LogP contribution in [-0.4, -0.2) is 22.7 Å². The lowest BCUT2D eigenvalue weighted by molar-refractivity contribution is 0.191. The zero-order chi connectivity index (χ0) is 6.04. The molecule has 8 heavy (non-hydrogen) atoms. The fraction of sp³-hybridized carbons (Fsp3) is 1.00. The molecule has 0 amide bonds. The van der Waals surface area contributed by atoms with Crippen molar-refractivity contribution in [2.75, 3.05) is 12.9 Å². The van der Waals surface area contributed by atoms with E-state index in [2.05, 4.69) is 6.26 Å². The summed E-state index contributed by atoms with van der Waals surface area (Å²) < 4.78 is 0.278. The zero-order valence-electron chi connectivity index (χ0n) is 5.18. The third-order valence-electron chi connectivity index (χ3n) is 1.99. The number of rotatable bonds is 2. The molecule has 1 fully saturated rings. The average Bonchev–Trinajstić information content (AvgIpc) is 1.67. The monoisotopic (exact) mass is 132 g/mol. The molecule has 0 aromatic heterocycles. The zero-order valence-corrected chi connectivity index (χ0v) is 6.00. The van der Waals surface area contributed by atoms with Crippen molar-refractivity contribution in [3.63, 3.8) is 0 Å². The summed E-state index contributed by atoms with van der Waals surface area (Å²) in [4.78, 5) is 0. The van der Waals surface area contributed by atoms with Crippen LogP contribution in [0.5, 0.6) is 0 Å². The van der Waals surface area contributed by atoms with Crippen LogP contribution >= 0.6 is 11.8 Å². The number of aliphatic hydroxyl groups excluding tert-OH is 1. The molecule has 0 spiro atoms. The van der Waals surface area contributed by atoms with E-state index in [9.17, 15) is 0 Å². The highest BCUT2D eigenvalue weighted by Gasteiger charge is 2.34. The molecule has 1 aliphatic rings. The number of hydrogen-bond acceptors (Lipinski definition) is 2. The second-order valence-corrected chi connectivity index (χ2v) is 3.67. The minimum atomic E-state index is 0.278. The molecule has 0 bridgehead atoms. The Kier molecular flexibility index (Phi) is 1.83. The molecule has 0 atom stereocenters. The third-order valence-corrected chi connectivity index (χ3v) is 3.39. The van der Waals surface area contributed by atoms with Crippen molar-refractivity contribution in [2.45, 2.75) is 24.0 Å². The molecule has 1 nitrogen and oxygen atoms in total. The quantitative estimate of drug-likeness (QED) is 0.610. The highest BCUT2D eigenvalue weighted by Crippen LogP contribution is 2.41. The van der Waals surface area contributed by atoms with Gasteiger partial charge in [0.05, 0.1) is 6.61 Å². The molecule has 1 saturated carbocycles. The van der Waals surface area contributed by atoms with Crippen molar-refractivity contribution in [2.24, 2.45) is 0 Å². The second-order valence-electron chi connectivity index (χ2n) is 2.40. The second kappa shape index (κ2) is 2.28. The number of thioether (sulfide) groups is 1. The first-order valence-corrected chi connectivity index (χ1v) is 4.21. The highest BCUT2D eigenvalue weighted by molar-refractivity contribution is 8.00. The molecule has 0 saturated heterocycles. The smallest absolute Gasteiger partial charge is 0.0578 e. The summed E-state index contributed by atoms with van der Waals surface area (Å²) in [6.07, 6.45) is 5.81. The molecule has 1 N–H and O–H groups in total. The van der Waals surface area contributed by atoms with Gasteiger partial charge in [0.25, 0.3) is 0 Å². The van der Waals surface area contributed by atoms with Crippen LogP contribution in [0.25, 0.3) is 0 Å². The van der Waals surface area contributed by atoms with E-state index < -0.39 is 0 Å².